The molecule has 0 radical (unpaired) electrons. The lowest BCUT2D eigenvalue weighted by atomic mass is 10.0. The van der Waals surface area contributed by atoms with Gasteiger partial charge in [-0.15, -0.1) is 0 Å². The number of fused-ring (bicyclic) bond motifs is 1. The fourth-order valence-corrected chi connectivity index (χ4v) is 2.31. The zero-order chi connectivity index (χ0) is 13.3. The molecule has 0 heterocycles. The van der Waals surface area contributed by atoms with Crippen molar-refractivity contribution in [2.75, 3.05) is 6.61 Å². The number of ether oxygens (including phenoxy) is 1. The molecule has 0 bridgehead atoms. The highest BCUT2D eigenvalue weighted by Gasteiger charge is 1.97. The molecule has 0 amide bonds. The Morgan fingerprint density at radius 2 is 1.68 bits per heavy atom. The Labute approximate surface area is 114 Å². The average molecular weight is 256 g/mol. The van der Waals surface area contributed by atoms with Gasteiger partial charge >= 0.3 is 0 Å². The Hall–Kier alpha value is -1.83. The Balaban J connectivity index is 1.74. The molecule has 0 aliphatic carbocycles. The Morgan fingerprint density at radius 1 is 0.895 bits per heavy atom. The SMILES string of the molecule is O=COCCCCCCc1ccc2ccccc2c1. The van der Waals surface area contributed by atoms with E-state index in [1.807, 2.05) is 0 Å². The van der Waals surface area contributed by atoms with Gasteiger partial charge in [0.25, 0.3) is 6.47 Å². The van der Waals surface area contributed by atoms with Crippen LogP contribution < -0.4 is 0 Å². The summed E-state index contributed by atoms with van der Waals surface area (Å²) >= 11 is 0. The van der Waals surface area contributed by atoms with Gasteiger partial charge in [-0.05, 0) is 35.6 Å². The molecule has 2 rings (SSSR count). The Kier molecular flexibility index (Phi) is 5.42. The van der Waals surface area contributed by atoms with Gasteiger partial charge in [0, 0.05) is 0 Å². The van der Waals surface area contributed by atoms with Crippen molar-refractivity contribution in [2.45, 2.75) is 32.1 Å². The molecular formula is C17H20O2. The summed E-state index contributed by atoms with van der Waals surface area (Å²) in [7, 11) is 0. The summed E-state index contributed by atoms with van der Waals surface area (Å²) in [6.07, 6.45) is 5.60. The highest BCUT2D eigenvalue weighted by molar-refractivity contribution is 5.82. The van der Waals surface area contributed by atoms with E-state index < -0.39 is 0 Å². The summed E-state index contributed by atoms with van der Waals surface area (Å²) in [6, 6.07) is 15.2. The number of rotatable bonds is 8. The summed E-state index contributed by atoms with van der Waals surface area (Å²) in [5.41, 5.74) is 1.41. The quantitative estimate of drug-likeness (QED) is 0.524. The second-order valence-electron chi connectivity index (χ2n) is 4.81. The highest BCUT2D eigenvalue weighted by atomic mass is 16.5. The lowest BCUT2D eigenvalue weighted by Gasteiger charge is -2.04. The van der Waals surface area contributed by atoms with Crippen LogP contribution in [-0.4, -0.2) is 13.1 Å². The molecule has 0 aliphatic rings. The zero-order valence-electron chi connectivity index (χ0n) is 11.2. The number of unbranched alkanes of at least 4 members (excludes halogenated alkanes) is 3. The van der Waals surface area contributed by atoms with E-state index in [0.29, 0.717) is 13.1 Å². The Morgan fingerprint density at radius 3 is 2.53 bits per heavy atom. The second kappa shape index (κ2) is 7.57. The standard InChI is InChI=1S/C17H20O2/c18-14-19-12-6-2-1-3-7-15-10-11-16-8-4-5-9-17(16)13-15/h4-5,8-11,13-14H,1-3,6-7,12H2. The van der Waals surface area contributed by atoms with Crippen molar-refractivity contribution in [2.24, 2.45) is 0 Å². The van der Waals surface area contributed by atoms with E-state index in [0.717, 1.165) is 19.3 Å². The van der Waals surface area contributed by atoms with Crippen LogP contribution in [0.5, 0.6) is 0 Å². The molecule has 19 heavy (non-hydrogen) atoms. The molecule has 2 aromatic carbocycles. The molecule has 100 valence electrons. The molecule has 2 aromatic rings. The van der Waals surface area contributed by atoms with E-state index >= 15 is 0 Å². The molecule has 0 unspecified atom stereocenters. The summed E-state index contributed by atoms with van der Waals surface area (Å²) in [4.78, 5) is 9.96. The molecule has 0 aliphatic heterocycles. The van der Waals surface area contributed by atoms with Gasteiger partial charge in [0.1, 0.15) is 0 Å². The first-order chi connectivity index (χ1) is 9.40. The maximum atomic E-state index is 9.96. The van der Waals surface area contributed by atoms with E-state index in [9.17, 15) is 4.79 Å². The van der Waals surface area contributed by atoms with Crippen LogP contribution in [0.3, 0.4) is 0 Å². The third-order valence-corrected chi connectivity index (χ3v) is 3.36. The van der Waals surface area contributed by atoms with Gasteiger partial charge in [0.2, 0.25) is 0 Å². The fraction of sp³-hybridized carbons (Fsp3) is 0.353. The maximum absolute atomic E-state index is 9.96. The van der Waals surface area contributed by atoms with Crippen LogP contribution in [0.1, 0.15) is 31.2 Å². The van der Waals surface area contributed by atoms with Gasteiger partial charge < -0.3 is 4.74 Å². The largest absolute Gasteiger partial charge is 0.468 e. The lowest BCUT2D eigenvalue weighted by molar-refractivity contribution is -0.128. The molecule has 0 N–H and O–H groups in total. The van der Waals surface area contributed by atoms with Crippen LogP contribution in [0, 0.1) is 0 Å². The van der Waals surface area contributed by atoms with Gasteiger partial charge in [-0.3, -0.25) is 4.79 Å². The predicted octanol–water partition coefficient (Wildman–Crippen LogP) is 4.12. The highest BCUT2D eigenvalue weighted by Crippen LogP contribution is 2.17. The number of hydrogen-bond donors (Lipinski definition) is 0. The van der Waals surface area contributed by atoms with Gasteiger partial charge in [-0.25, -0.2) is 0 Å². The van der Waals surface area contributed by atoms with Crippen LogP contribution in [0.25, 0.3) is 10.8 Å². The first-order valence-electron chi connectivity index (χ1n) is 6.93. The van der Waals surface area contributed by atoms with Crippen LogP contribution >= 0.6 is 0 Å². The van der Waals surface area contributed by atoms with E-state index in [1.54, 1.807) is 0 Å². The summed E-state index contributed by atoms with van der Waals surface area (Å²) in [5, 5.41) is 2.62. The van der Waals surface area contributed by atoms with E-state index in [1.165, 1.54) is 29.2 Å². The van der Waals surface area contributed by atoms with Crippen molar-refractivity contribution in [1.29, 1.82) is 0 Å². The van der Waals surface area contributed by atoms with Crippen molar-refractivity contribution in [3.8, 4) is 0 Å². The number of carbonyl (C=O) groups is 1. The summed E-state index contributed by atoms with van der Waals surface area (Å²) in [5.74, 6) is 0. The molecule has 0 aromatic heterocycles. The molecular weight excluding hydrogens is 236 g/mol. The van der Waals surface area contributed by atoms with Crippen LogP contribution in [-0.2, 0) is 16.0 Å². The van der Waals surface area contributed by atoms with Crippen molar-refractivity contribution in [3.63, 3.8) is 0 Å². The number of hydrogen-bond acceptors (Lipinski definition) is 2. The van der Waals surface area contributed by atoms with E-state index in [4.69, 9.17) is 0 Å². The minimum atomic E-state index is 0.523. The third kappa shape index (κ3) is 4.40. The molecule has 0 atom stereocenters. The van der Waals surface area contributed by atoms with Crippen molar-refractivity contribution in [1.82, 2.24) is 0 Å². The molecule has 2 heteroatoms. The van der Waals surface area contributed by atoms with Crippen LogP contribution in [0.4, 0.5) is 0 Å². The zero-order valence-corrected chi connectivity index (χ0v) is 11.2. The maximum Gasteiger partial charge on any atom is 0.293 e. The molecule has 0 spiro atoms. The van der Waals surface area contributed by atoms with E-state index in [-0.39, 0.29) is 0 Å². The number of carbonyl (C=O) groups excluding carboxylic acids is 1. The van der Waals surface area contributed by atoms with Gasteiger partial charge in [-0.2, -0.15) is 0 Å². The minimum Gasteiger partial charge on any atom is -0.468 e. The summed E-state index contributed by atoms with van der Waals surface area (Å²) < 4.78 is 4.67. The lowest BCUT2D eigenvalue weighted by Crippen LogP contribution is -1.92. The topological polar surface area (TPSA) is 26.3 Å². The van der Waals surface area contributed by atoms with Gasteiger partial charge in [0.15, 0.2) is 0 Å². The molecule has 2 nitrogen and oxygen atoms in total. The van der Waals surface area contributed by atoms with Crippen molar-refractivity contribution < 1.29 is 9.53 Å². The monoisotopic (exact) mass is 256 g/mol. The second-order valence-corrected chi connectivity index (χ2v) is 4.81. The first-order valence-corrected chi connectivity index (χ1v) is 6.93. The van der Waals surface area contributed by atoms with Crippen LogP contribution in [0.2, 0.25) is 0 Å². The van der Waals surface area contributed by atoms with Crippen molar-refractivity contribution >= 4 is 17.2 Å². The fourth-order valence-electron chi connectivity index (χ4n) is 2.31. The Bertz CT molecular complexity index is 519. The number of benzene rings is 2. The van der Waals surface area contributed by atoms with Crippen LogP contribution in [0.15, 0.2) is 42.5 Å². The van der Waals surface area contributed by atoms with E-state index in [2.05, 4.69) is 47.2 Å². The summed E-state index contributed by atoms with van der Waals surface area (Å²) in [6.45, 7) is 1.08. The molecule has 0 fully saturated rings. The smallest absolute Gasteiger partial charge is 0.293 e. The normalized spacial score (nSPS) is 10.5. The molecule has 0 saturated carbocycles. The molecule has 0 saturated heterocycles. The first kappa shape index (κ1) is 13.6. The predicted molar refractivity (Wildman–Crippen MR) is 78.1 cm³/mol. The van der Waals surface area contributed by atoms with Crippen molar-refractivity contribution in [3.05, 3.63) is 48.0 Å². The third-order valence-electron chi connectivity index (χ3n) is 3.36. The minimum absolute atomic E-state index is 0.523. The van der Waals surface area contributed by atoms with Gasteiger partial charge in [-0.1, -0.05) is 55.3 Å². The average Bonchev–Trinajstić information content (AvgIpc) is 2.46. The van der Waals surface area contributed by atoms with Gasteiger partial charge in [0.05, 0.1) is 6.61 Å². The number of aryl methyl sites for hydroxylation is 1.